The standard InChI is InChI=1S/C26H22BrFN2O2/c1-16-12-23(8-9-24(16)27)30-26(31)21(14-29)13-20-10-17(2)25(18(3)11-20)32-15-19-4-6-22(28)7-5-19/h4-13H,15H2,1-3H3,(H,30,31)/b21-13+. The number of carbonyl (C=O) groups is 1. The number of nitrogens with zero attached hydrogens (tertiary/aromatic N) is 1. The number of hydrogen-bond donors (Lipinski definition) is 1. The smallest absolute Gasteiger partial charge is 0.266 e. The molecule has 162 valence electrons. The molecule has 0 saturated carbocycles. The Morgan fingerprint density at radius 2 is 1.72 bits per heavy atom. The van der Waals surface area contributed by atoms with E-state index >= 15 is 0 Å². The van der Waals surface area contributed by atoms with Gasteiger partial charge >= 0.3 is 0 Å². The van der Waals surface area contributed by atoms with E-state index in [4.69, 9.17) is 4.74 Å². The Labute approximate surface area is 195 Å². The molecule has 0 saturated heterocycles. The molecular formula is C26H22BrFN2O2. The normalized spacial score (nSPS) is 11.1. The maximum atomic E-state index is 13.1. The van der Waals surface area contributed by atoms with E-state index < -0.39 is 5.91 Å². The number of benzene rings is 3. The lowest BCUT2D eigenvalue weighted by atomic mass is 10.0. The second-order valence-corrected chi connectivity index (χ2v) is 8.34. The first-order chi connectivity index (χ1) is 15.3. The van der Waals surface area contributed by atoms with Gasteiger partial charge in [0.05, 0.1) is 0 Å². The van der Waals surface area contributed by atoms with E-state index in [1.54, 1.807) is 24.3 Å². The van der Waals surface area contributed by atoms with Gasteiger partial charge in [-0.15, -0.1) is 0 Å². The van der Waals surface area contributed by atoms with Crippen LogP contribution in [-0.2, 0) is 11.4 Å². The Bertz CT molecular complexity index is 1200. The molecule has 1 amide bonds. The van der Waals surface area contributed by atoms with E-state index in [2.05, 4.69) is 21.2 Å². The predicted molar refractivity (Wildman–Crippen MR) is 128 cm³/mol. The number of ether oxygens (including phenoxy) is 1. The van der Waals surface area contributed by atoms with Gasteiger partial charge in [-0.2, -0.15) is 5.26 Å². The molecule has 0 aliphatic heterocycles. The summed E-state index contributed by atoms with van der Waals surface area (Å²) >= 11 is 3.43. The Morgan fingerprint density at radius 3 is 2.31 bits per heavy atom. The van der Waals surface area contributed by atoms with Crippen LogP contribution in [0.3, 0.4) is 0 Å². The number of amides is 1. The minimum Gasteiger partial charge on any atom is -0.488 e. The second-order valence-electron chi connectivity index (χ2n) is 7.49. The van der Waals surface area contributed by atoms with Crippen LogP contribution in [0.25, 0.3) is 6.08 Å². The fourth-order valence-electron chi connectivity index (χ4n) is 3.27. The highest BCUT2D eigenvalue weighted by molar-refractivity contribution is 9.10. The molecule has 4 nitrogen and oxygen atoms in total. The molecule has 0 unspecified atom stereocenters. The molecule has 0 spiro atoms. The highest BCUT2D eigenvalue weighted by atomic mass is 79.9. The monoisotopic (exact) mass is 492 g/mol. The Balaban J connectivity index is 1.77. The molecule has 0 radical (unpaired) electrons. The van der Waals surface area contributed by atoms with Gasteiger partial charge < -0.3 is 10.1 Å². The van der Waals surface area contributed by atoms with Gasteiger partial charge in [0, 0.05) is 10.2 Å². The molecule has 0 fully saturated rings. The molecular weight excluding hydrogens is 471 g/mol. The van der Waals surface area contributed by atoms with E-state index in [1.165, 1.54) is 12.1 Å². The summed E-state index contributed by atoms with van der Waals surface area (Å²) in [5, 5.41) is 12.3. The number of anilines is 1. The molecule has 0 heterocycles. The zero-order valence-electron chi connectivity index (χ0n) is 18.0. The van der Waals surface area contributed by atoms with Gasteiger partial charge in [0.1, 0.15) is 29.8 Å². The molecule has 3 aromatic rings. The zero-order chi connectivity index (χ0) is 23.3. The number of nitrogens with one attached hydrogen (secondary N) is 1. The van der Waals surface area contributed by atoms with Crippen molar-refractivity contribution in [2.45, 2.75) is 27.4 Å². The average molecular weight is 493 g/mol. The van der Waals surface area contributed by atoms with Crippen molar-refractivity contribution in [3.63, 3.8) is 0 Å². The van der Waals surface area contributed by atoms with Crippen molar-refractivity contribution in [1.29, 1.82) is 5.26 Å². The van der Waals surface area contributed by atoms with Crippen LogP contribution in [0.5, 0.6) is 5.75 Å². The highest BCUT2D eigenvalue weighted by Gasteiger charge is 2.12. The van der Waals surface area contributed by atoms with Gasteiger partial charge in [-0.1, -0.05) is 28.1 Å². The minimum atomic E-state index is -0.471. The van der Waals surface area contributed by atoms with Gasteiger partial charge in [0.15, 0.2) is 0 Å². The van der Waals surface area contributed by atoms with Crippen molar-refractivity contribution in [1.82, 2.24) is 0 Å². The van der Waals surface area contributed by atoms with Crippen LogP contribution in [0.1, 0.15) is 27.8 Å². The number of aryl methyl sites for hydroxylation is 3. The van der Waals surface area contributed by atoms with Crippen LogP contribution in [0, 0.1) is 37.9 Å². The van der Waals surface area contributed by atoms with Crippen molar-refractivity contribution in [3.8, 4) is 11.8 Å². The number of hydrogen-bond acceptors (Lipinski definition) is 3. The van der Waals surface area contributed by atoms with Crippen molar-refractivity contribution in [2.75, 3.05) is 5.32 Å². The lowest BCUT2D eigenvalue weighted by molar-refractivity contribution is -0.112. The van der Waals surface area contributed by atoms with E-state index in [0.29, 0.717) is 12.3 Å². The van der Waals surface area contributed by atoms with Crippen LogP contribution in [0.4, 0.5) is 10.1 Å². The summed E-state index contributed by atoms with van der Waals surface area (Å²) in [6, 6.07) is 17.3. The van der Waals surface area contributed by atoms with Crippen molar-refractivity contribution in [2.24, 2.45) is 0 Å². The number of carbonyl (C=O) groups excluding carboxylic acids is 1. The van der Waals surface area contributed by atoms with Crippen molar-refractivity contribution >= 4 is 33.6 Å². The van der Waals surface area contributed by atoms with Crippen molar-refractivity contribution < 1.29 is 13.9 Å². The summed E-state index contributed by atoms with van der Waals surface area (Å²) in [5.41, 5.74) is 4.94. The minimum absolute atomic E-state index is 0.00403. The van der Waals surface area contributed by atoms with Crippen LogP contribution < -0.4 is 10.1 Å². The summed E-state index contributed by atoms with van der Waals surface area (Å²) in [4.78, 5) is 12.6. The van der Waals surface area contributed by atoms with E-state index in [9.17, 15) is 14.4 Å². The third-order valence-corrected chi connectivity index (χ3v) is 5.76. The highest BCUT2D eigenvalue weighted by Crippen LogP contribution is 2.27. The summed E-state index contributed by atoms with van der Waals surface area (Å²) in [7, 11) is 0. The Kier molecular flexibility index (Phi) is 7.45. The molecule has 0 aliphatic rings. The maximum Gasteiger partial charge on any atom is 0.266 e. The fraction of sp³-hybridized carbons (Fsp3) is 0.154. The van der Waals surface area contributed by atoms with Gasteiger partial charge in [-0.05, 0) is 97.1 Å². The topological polar surface area (TPSA) is 62.1 Å². The number of halogens is 2. The fourth-order valence-corrected chi connectivity index (χ4v) is 3.51. The van der Waals surface area contributed by atoms with Crippen LogP contribution in [0.15, 0.2) is 64.6 Å². The van der Waals surface area contributed by atoms with Gasteiger partial charge in [-0.25, -0.2) is 4.39 Å². The van der Waals surface area contributed by atoms with Crippen LogP contribution in [-0.4, -0.2) is 5.91 Å². The van der Waals surface area contributed by atoms with E-state index in [1.807, 2.05) is 51.1 Å². The summed E-state index contributed by atoms with van der Waals surface area (Å²) in [6.45, 7) is 6.05. The van der Waals surface area contributed by atoms with Gasteiger partial charge in [0.2, 0.25) is 0 Å². The lowest BCUT2D eigenvalue weighted by Gasteiger charge is -2.13. The quantitative estimate of drug-likeness (QED) is 0.309. The van der Waals surface area contributed by atoms with E-state index in [-0.39, 0.29) is 11.4 Å². The molecule has 3 rings (SSSR count). The molecule has 0 aromatic heterocycles. The zero-order valence-corrected chi connectivity index (χ0v) is 19.6. The average Bonchev–Trinajstić information content (AvgIpc) is 2.75. The van der Waals surface area contributed by atoms with Crippen LogP contribution in [0.2, 0.25) is 0 Å². The first-order valence-electron chi connectivity index (χ1n) is 9.94. The molecule has 0 aliphatic carbocycles. The van der Waals surface area contributed by atoms with Gasteiger partial charge in [0.25, 0.3) is 5.91 Å². The first kappa shape index (κ1) is 23.2. The second kappa shape index (κ2) is 10.3. The predicted octanol–water partition coefficient (Wildman–Crippen LogP) is 6.64. The maximum absolute atomic E-state index is 13.1. The first-order valence-corrected chi connectivity index (χ1v) is 10.7. The molecule has 6 heteroatoms. The Hall–Kier alpha value is -3.43. The number of rotatable bonds is 6. The SMILES string of the molecule is Cc1cc(NC(=O)/C(C#N)=C/c2cc(C)c(OCc3ccc(F)cc3)c(C)c2)ccc1Br. The van der Waals surface area contributed by atoms with Crippen LogP contribution >= 0.6 is 15.9 Å². The lowest BCUT2D eigenvalue weighted by Crippen LogP contribution is -2.13. The molecule has 0 bridgehead atoms. The molecule has 3 aromatic carbocycles. The number of nitriles is 1. The molecule has 32 heavy (non-hydrogen) atoms. The largest absolute Gasteiger partial charge is 0.488 e. The third-order valence-electron chi connectivity index (χ3n) is 4.87. The third kappa shape index (κ3) is 5.83. The molecule has 1 N–H and O–H groups in total. The van der Waals surface area contributed by atoms with E-state index in [0.717, 1.165) is 38.0 Å². The molecule has 0 atom stereocenters. The summed E-state index contributed by atoms with van der Waals surface area (Å²) in [5.74, 6) is -0.0363. The van der Waals surface area contributed by atoms with Gasteiger partial charge in [-0.3, -0.25) is 4.79 Å². The Morgan fingerprint density at radius 1 is 1.06 bits per heavy atom. The summed E-state index contributed by atoms with van der Waals surface area (Å²) in [6.07, 6.45) is 1.56. The van der Waals surface area contributed by atoms with Crippen molar-refractivity contribution in [3.05, 3.63) is 98.3 Å². The summed E-state index contributed by atoms with van der Waals surface area (Å²) < 4.78 is 19.9.